The van der Waals surface area contributed by atoms with Gasteiger partial charge in [0.1, 0.15) is 0 Å². The van der Waals surface area contributed by atoms with Gasteiger partial charge >= 0.3 is 11.9 Å². The molecule has 0 aromatic heterocycles. The zero-order valence-electron chi connectivity index (χ0n) is 12.6. The maximum atomic E-state index is 10.3. The minimum Gasteiger partial charge on any atom is -0.466 e. The molecule has 0 amide bonds. The molecule has 19 heavy (non-hydrogen) atoms. The number of rotatable bonds is 8. The molecule has 0 spiro atoms. The Bertz CT molecular complexity index is 229. The minimum atomic E-state index is -0.233. The van der Waals surface area contributed by atoms with E-state index in [0.29, 0.717) is 19.8 Å². The molecule has 0 radical (unpaired) electrons. The van der Waals surface area contributed by atoms with Crippen molar-refractivity contribution in [1.29, 1.82) is 0 Å². The maximum Gasteiger partial charge on any atom is 0.302 e. The van der Waals surface area contributed by atoms with E-state index in [1.54, 1.807) is 14.2 Å². The fraction of sp³-hybridized carbons (Fsp3) is 0.846. The molecule has 0 aromatic rings. The number of carbonyl (C=O) groups is 2. The third-order valence-electron chi connectivity index (χ3n) is 2.03. The van der Waals surface area contributed by atoms with E-state index in [-0.39, 0.29) is 18.0 Å². The van der Waals surface area contributed by atoms with Crippen LogP contribution in [0.5, 0.6) is 0 Å². The van der Waals surface area contributed by atoms with Crippen LogP contribution in [0.25, 0.3) is 0 Å². The van der Waals surface area contributed by atoms with Crippen molar-refractivity contribution in [3.8, 4) is 0 Å². The van der Waals surface area contributed by atoms with E-state index in [9.17, 15) is 9.59 Å². The maximum absolute atomic E-state index is 10.3. The van der Waals surface area contributed by atoms with Crippen molar-refractivity contribution in [2.75, 3.05) is 34.0 Å². The molecule has 1 atom stereocenters. The second kappa shape index (κ2) is 14.9. The number of hydrogen-bond acceptors (Lipinski definition) is 6. The average molecular weight is 278 g/mol. The molecule has 0 aromatic carbocycles. The summed E-state index contributed by atoms with van der Waals surface area (Å²) in [6, 6.07) is 0. The van der Waals surface area contributed by atoms with Crippen molar-refractivity contribution in [2.45, 2.75) is 39.7 Å². The Balaban J connectivity index is 0. The molecule has 6 heteroatoms. The first-order valence-corrected chi connectivity index (χ1v) is 6.22. The summed E-state index contributed by atoms with van der Waals surface area (Å²) in [4.78, 5) is 20.4. The predicted octanol–water partition coefficient (Wildman–Crippen LogP) is 1.56. The average Bonchev–Trinajstić information content (AvgIpc) is 2.34. The highest BCUT2D eigenvalue weighted by molar-refractivity contribution is 5.66. The van der Waals surface area contributed by atoms with E-state index in [2.05, 4.69) is 4.74 Å². The summed E-state index contributed by atoms with van der Waals surface area (Å²) in [6.07, 6.45) is 1.70. The normalized spacial score (nSPS) is 11.0. The van der Waals surface area contributed by atoms with Gasteiger partial charge in [0.25, 0.3) is 0 Å². The summed E-state index contributed by atoms with van der Waals surface area (Å²) in [5.41, 5.74) is 0. The number of methoxy groups -OCH3 is 2. The van der Waals surface area contributed by atoms with Crippen molar-refractivity contribution in [3.05, 3.63) is 0 Å². The summed E-state index contributed by atoms with van der Waals surface area (Å²) >= 11 is 0. The first-order chi connectivity index (χ1) is 8.93. The highest BCUT2D eigenvalue weighted by atomic mass is 16.5. The predicted molar refractivity (Wildman–Crippen MR) is 70.8 cm³/mol. The van der Waals surface area contributed by atoms with Crippen LogP contribution in [0.3, 0.4) is 0 Å². The molecule has 6 nitrogen and oxygen atoms in total. The fourth-order valence-corrected chi connectivity index (χ4v) is 0.906. The molecule has 1 unspecified atom stereocenters. The van der Waals surface area contributed by atoms with Gasteiger partial charge < -0.3 is 18.9 Å². The zero-order chi connectivity index (χ0) is 15.1. The van der Waals surface area contributed by atoms with E-state index in [1.165, 1.54) is 13.8 Å². The van der Waals surface area contributed by atoms with E-state index in [4.69, 9.17) is 14.2 Å². The molecular formula is C13H26O6. The Morgan fingerprint density at radius 3 is 1.89 bits per heavy atom. The zero-order valence-corrected chi connectivity index (χ0v) is 12.6. The molecule has 0 heterocycles. The van der Waals surface area contributed by atoms with Crippen LogP contribution in [-0.4, -0.2) is 52.1 Å². The smallest absolute Gasteiger partial charge is 0.302 e. The van der Waals surface area contributed by atoms with Crippen LogP contribution >= 0.6 is 0 Å². The molecule has 0 saturated carbocycles. The lowest BCUT2D eigenvalue weighted by Crippen LogP contribution is -2.10. The van der Waals surface area contributed by atoms with Crippen LogP contribution in [0.2, 0.25) is 0 Å². The van der Waals surface area contributed by atoms with Gasteiger partial charge in [-0.1, -0.05) is 0 Å². The van der Waals surface area contributed by atoms with Gasteiger partial charge in [0, 0.05) is 47.5 Å². The molecule has 0 aliphatic heterocycles. The monoisotopic (exact) mass is 278 g/mol. The van der Waals surface area contributed by atoms with E-state index < -0.39 is 0 Å². The van der Waals surface area contributed by atoms with Crippen LogP contribution < -0.4 is 0 Å². The van der Waals surface area contributed by atoms with Gasteiger partial charge in [-0.05, 0) is 6.92 Å². The summed E-state index contributed by atoms with van der Waals surface area (Å²) < 4.78 is 19.0. The van der Waals surface area contributed by atoms with Crippen LogP contribution in [0, 0.1) is 0 Å². The Labute approximate surface area is 115 Å². The molecule has 0 aliphatic carbocycles. The first-order valence-electron chi connectivity index (χ1n) is 6.22. The van der Waals surface area contributed by atoms with Gasteiger partial charge in [-0.2, -0.15) is 0 Å². The second-order valence-electron chi connectivity index (χ2n) is 3.86. The topological polar surface area (TPSA) is 71.1 Å². The van der Waals surface area contributed by atoms with Crippen LogP contribution in [0.4, 0.5) is 0 Å². The number of hydrogen-bond donors (Lipinski definition) is 0. The molecule has 0 saturated heterocycles. The van der Waals surface area contributed by atoms with Crippen molar-refractivity contribution in [1.82, 2.24) is 0 Å². The molecular weight excluding hydrogens is 252 g/mol. The van der Waals surface area contributed by atoms with Crippen LogP contribution in [0.15, 0.2) is 0 Å². The summed E-state index contributed by atoms with van der Waals surface area (Å²) in [6.45, 7) is 6.29. The second-order valence-corrected chi connectivity index (χ2v) is 3.86. The lowest BCUT2D eigenvalue weighted by molar-refractivity contribution is -0.142. The molecule has 0 N–H and O–H groups in total. The lowest BCUT2D eigenvalue weighted by atomic mass is 10.3. The molecule has 0 fully saturated rings. The quantitative estimate of drug-likeness (QED) is 0.495. The van der Waals surface area contributed by atoms with Gasteiger partial charge in [-0.25, -0.2) is 0 Å². The van der Waals surface area contributed by atoms with E-state index in [0.717, 1.165) is 12.8 Å². The Morgan fingerprint density at radius 2 is 1.47 bits per heavy atom. The third-order valence-corrected chi connectivity index (χ3v) is 2.03. The van der Waals surface area contributed by atoms with Gasteiger partial charge in [0.15, 0.2) is 0 Å². The van der Waals surface area contributed by atoms with Crippen LogP contribution in [0.1, 0.15) is 33.6 Å². The Morgan fingerprint density at radius 1 is 0.947 bits per heavy atom. The highest BCUT2D eigenvalue weighted by Crippen LogP contribution is 1.94. The summed E-state index contributed by atoms with van der Waals surface area (Å²) in [5.74, 6) is -0.464. The van der Waals surface area contributed by atoms with Crippen molar-refractivity contribution in [3.63, 3.8) is 0 Å². The van der Waals surface area contributed by atoms with Crippen molar-refractivity contribution < 1.29 is 28.5 Å². The third kappa shape index (κ3) is 22.5. The van der Waals surface area contributed by atoms with Gasteiger partial charge in [0.05, 0.1) is 19.3 Å². The van der Waals surface area contributed by atoms with Crippen molar-refractivity contribution in [2.24, 2.45) is 0 Å². The van der Waals surface area contributed by atoms with Crippen molar-refractivity contribution >= 4 is 11.9 Å². The Kier molecular flexibility index (Phi) is 15.8. The van der Waals surface area contributed by atoms with Gasteiger partial charge in [-0.15, -0.1) is 0 Å². The molecule has 0 aliphatic rings. The van der Waals surface area contributed by atoms with Gasteiger partial charge in [0.2, 0.25) is 0 Å². The Hall–Kier alpha value is -1.14. The molecule has 0 rings (SSSR count). The van der Waals surface area contributed by atoms with E-state index in [1.807, 2.05) is 6.92 Å². The highest BCUT2D eigenvalue weighted by Gasteiger charge is 1.99. The van der Waals surface area contributed by atoms with Crippen LogP contribution in [-0.2, 0) is 28.5 Å². The summed E-state index contributed by atoms with van der Waals surface area (Å²) in [7, 11) is 3.26. The molecule has 0 bridgehead atoms. The minimum absolute atomic E-state index is 0.166. The standard InChI is InChI=1S/C7H14O3.C6H12O3/c1-6(9-3)4-5-10-7(2)8;1-6(7)9-5-3-4-8-2/h6H,4-5H2,1-3H3;3-5H2,1-2H3. The lowest BCUT2D eigenvalue weighted by Gasteiger charge is -2.07. The number of carbonyl (C=O) groups excluding carboxylic acids is 2. The fourth-order valence-electron chi connectivity index (χ4n) is 0.906. The van der Waals surface area contributed by atoms with Gasteiger partial charge in [-0.3, -0.25) is 9.59 Å². The number of esters is 2. The number of ether oxygens (including phenoxy) is 4. The van der Waals surface area contributed by atoms with E-state index >= 15 is 0 Å². The molecule has 114 valence electrons. The largest absolute Gasteiger partial charge is 0.466 e. The summed E-state index contributed by atoms with van der Waals surface area (Å²) in [5, 5.41) is 0. The SMILES string of the molecule is COC(C)CCOC(C)=O.COCCCOC(C)=O. The first kappa shape index (κ1) is 20.2.